The third kappa shape index (κ3) is 4.47. The predicted octanol–water partition coefficient (Wildman–Crippen LogP) is 3.30. The highest BCUT2D eigenvalue weighted by atomic mass is 35.5. The lowest BCUT2D eigenvalue weighted by molar-refractivity contribution is -0.117. The molecule has 2 aromatic carbocycles. The smallest absolute Gasteiger partial charge is 0.248 e. The third-order valence-corrected chi connectivity index (χ3v) is 4.15. The van der Waals surface area contributed by atoms with Crippen LogP contribution in [0.25, 0.3) is 11.4 Å². The van der Waals surface area contributed by atoms with Crippen LogP contribution < -0.4 is 14.8 Å². The molecule has 3 aromatic rings. The third-order valence-electron chi connectivity index (χ3n) is 3.58. The Kier molecular flexibility index (Phi) is 5.78. The van der Waals surface area contributed by atoms with Crippen molar-refractivity contribution < 1.29 is 14.3 Å². The maximum absolute atomic E-state index is 12.2. The van der Waals surface area contributed by atoms with Gasteiger partial charge >= 0.3 is 0 Å². The maximum Gasteiger partial charge on any atom is 0.248 e. The number of halogens is 2. The molecule has 0 fully saturated rings. The number of anilines is 1. The van der Waals surface area contributed by atoms with Crippen LogP contribution >= 0.6 is 23.2 Å². The van der Waals surface area contributed by atoms with E-state index in [1.54, 1.807) is 43.5 Å². The molecule has 27 heavy (non-hydrogen) atoms. The zero-order valence-corrected chi connectivity index (χ0v) is 16.0. The Morgan fingerprint density at radius 1 is 1.11 bits per heavy atom. The van der Waals surface area contributed by atoms with Crippen molar-refractivity contribution in [2.75, 3.05) is 19.5 Å². The molecule has 10 heteroatoms. The summed E-state index contributed by atoms with van der Waals surface area (Å²) in [6.07, 6.45) is 0. The number of carbonyl (C=O) groups excluding carboxylic acids is 1. The second-order valence-corrected chi connectivity index (χ2v) is 6.23. The number of ether oxygens (including phenoxy) is 2. The molecule has 140 valence electrons. The average Bonchev–Trinajstić information content (AvgIpc) is 3.12. The first-order valence-corrected chi connectivity index (χ1v) is 8.51. The minimum atomic E-state index is -0.365. The molecule has 0 bridgehead atoms. The summed E-state index contributed by atoms with van der Waals surface area (Å²) in [5.74, 6) is 1.12. The van der Waals surface area contributed by atoms with Gasteiger partial charge in [0.1, 0.15) is 6.54 Å². The van der Waals surface area contributed by atoms with Gasteiger partial charge in [-0.3, -0.25) is 4.79 Å². The number of carbonyl (C=O) groups is 1. The van der Waals surface area contributed by atoms with Crippen LogP contribution in [0.2, 0.25) is 10.0 Å². The van der Waals surface area contributed by atoms with Crippen molar-refractivity contribution in [3.05, 3.63) is 46.4 Å². The Morgan fingerprint density at radius 2 is 1.89 bits per heavy atom. The normalized spacial score (nSPS) is 10.5. The van der Waals surface area contributed by atoms with E-state index in [0.29, 0.717) is 38.6 Å². The van der Waals surface area contributed by atoms with E-state index >= 15 is 0 Å². The van der Waals surface area contributed by atoms with E-state index in [1.807, 2.05) is 0 Å². The molecule has 1 heterocycles. The Morgan fingerprint density at radius 3 is 2.63 bits per heavy atom. The second kappa shape index (κ2) is 8.24. The number of hydrogen-bond acceptors (Lipinski definition) is 6. The summed E-state index contributed by atoms with van der Waals surface area (Å²) >= 11 is 11.9. The first-order chi connectivity index (χ1) is 13.0. The van der Waals surface area contributed by atoms with E-state index in [4.69, 9.17) is 32.7 Å². The summed E-state index contributed by atoms with van der Waals surface area (Å²) in [6, 6.07) is 10.0. The molecule has 0 unspecified atom stereocenters. The predicted molar refractivity (Wildman–Crippen MR) is 101 cm³/mol. The lowest BCUT2D eigenvalue weighted by Crippen LogP contribution is -2.20. The van der Waals surface area contributed by atoms with E-state index in [1.165, 1.54) is 11.9 Å². The monoisotopic (exact) mass is 407 g/mol. The molecule has 0 radical (unpaired) electrons. The molecule has 1 aromatic heterocycles. The molecule has 1 N–H and O–H groups in total. The zero-order valence-electron chi connectivity index (χ0n) is 14.4. The molecule has 3 rings (SSSR count). The van der Waals surface area contributed by atoms with Gasteiger partial charge in [0.05, 0.1) is 24.9 Å². The molecule has 0 atom stereocenters. The van der Waals surface area contributed by atoms with Crippen molar-refractivity contribution in [1.82, 2.24) is 20.2 Å². The van der Waals surface area contributed by atoms with Gasteiger partial charge in [-0.05, 0) is 41.6 Å². The van der Waals surface area contributed by atoms with Crippen molar-refractivity contribution in [3.8, 4) is 22.9 Å². The highest BCUT2D eigenvalue weighted by molar-refractivity contribution is 6.35. The number of aromatic nitrogens is 4. The van der Waals surface area contributed by atoms with E-state index in [0.717, 1.165) is 0 Å². The molecule has 0 aliphatic carbocycles. The largest absolute Gasteiger partial charge is 0.493 e. The number of tetrazole rings is 1. The quantitative estimate of drug-likeness (QED) is 0.673. The summed E-state index contributed by atoms with van der Waals surface area (Å²) in [6.45, 7) is -0.136. The first-order valence-electron chi connectivity index (χ1n) is 7.75. The van der Waals surface area contributed by atoms with Crippen LogP contribution in [-0.4, -0.2) is 40.3 Å². The van der Waals surface area contributed by atoms with Gasteiger partial charge in [-0.1, -0.05) is 23.2 Å². The molecule has 0 spiro atoms. The number of hydrogen-bond donors (Lipinski definition) is 1. The molecular formula is C17H15Cl2N5O3. The van der Waals surface area contributed by atoms with Crippen LogP contribution in [0.1, 0.15) is 0 Å². The van der Waals surface area contributed by atoms with Gasteiger partial charge in [-0.25, -0.2) is 0 Å². The fraction of sp³-hybridized carbons (Fsp3) is 0.176. The van der Waals surface area contributed by atoms with Gasteiger partial charge in [-0.2, -0.15) is 4.80 Å². The van der Waals surface area contributed by atoms with Gasteiger partial charge in [0.25, 0.3) is 0 Å². The molecule has 0 aliphatic rings. The Bertz CT molecular complexity index is 977. The van der Waals surface area contributed by atoms with Crippen LogP contribution in [0.5, 0.6) is 11.5 Å². The molecule has 0 saturated heterocycles. The molecule has 0 saturated carbocycles. The van der Waals surface area contributed by atoms with Crippen molar-refractivity contribution >= 4 is 34.8 Å². The van der Waals surface area contributed by atoms with Crippen LogP contribution in [0, 0.1) is 0 Å². The summed E-state index contributed by atoms with van der Waals surface area (Å²) in [5, 5.41) is 15.6. The van der Waals surface area contributed by atoms with Crippen LogP contribution in [0.3, 0.4) is 0 Å². The lowest BCUT2D eigenvalue weighted by atomic mass is 10.2. The van der Waals surface area contributed by atoms with Crippen molar-refractivity contribution in [3.63, 3.8) is 0 Å². The minimum absolute atomic E-state index is 0.136. The molecule has 8 nitrogen and oxygen atoms in total. The highest BCUT2D eigenvalue weighted by Crippen LogP contribution is 2.30. The van der Waals surface area contributed by atoms with Gasteiger partial charge in [0, 0.05) is 10.6 Å². The van der Waals surface area contributed by atoms with E-state index in [-0.39, 0.29) is 12.5 Å². The Hall–Kier alpha value is -2.84. The molecule has 1 amide bonds. The van der Waals surface area contributed by atoms with Gasteiger partial charge < -0.3 is 14.8 Å². The fourth-order valence-electron chi connectivity index (χ4n) is 2.31. The lowest BCUT2D eigenvalue weighted by Gasteiger charge is -2.07. The SMILES string of the molecule is COc1ccc(-c2nnn(CC(=O)Nc3cc(Cl)ccc3Cl)n2)cc1OC. The number of amides is 1. The maximum atomic E-state index is 12.2. The summed E-state index contributed by atoms with van der Waals surface area (Å²) in [7, 11) is 3.09. The number of methoxy groups -OCH3 is 2. The summed E-state index contributed by atoms with van der Waals surface area (Å²) in [5.41, 5.74) is 1.09. The minimum Gasteiger partial charge on any atom is -0.493 e. The van der Waals surface area contributed by atoms with E-state index in [9.17, 15) is 4.79 Å². The van der Waals surface area contributed by atoms with Crippen molar-refractivity contribution in [1.29, 1.82) is 0 Å². The summed E-state index contributed by atoms with van der Waals surface area (Å²) < 4.78 is 10.5. The van der Waals surface area contributed by atoms with Crippen LogP contribution in [0.4, 0.5) is 5.69 Å². The highest BCUT2D eigenvalue weighted by Gasteiger charge is 2.13. The number of benzene rings is 2. The van der Waals surface area contributed by atoms with Crippen LogP contribution in [-0.2, 0) is 11.3 Å². The Balaban J connectivity index is 1.72. The first kappa shape index (κ1) is 18.9. The second-order valence-electron chi connectivity index (χ2n) is 5.39. The number of nitrogens with one attached hydrogen (secondary N) is 1. The fourth-order valence-corrected chi connectivity index (χ4v) is 2.65. The standard InChI is InChI=1S/C17H15Cl2N5O3/c1-26-14-6-3-10(7-15(14)27-2)17-21-23-24(22-17)9-16(25)20-13-8-11(18)4-5-12(13)19/h3-8H,9H2,1-2H3,(H,20,25). The molecule has 0 aliphatic heterocycles. The zero-order chi connectivity index (χ0) is 19.4. The summed E-state index contributed by atoms with van der Waals surface area (Å²) in [4.78, 5) is 13.4. The van der Waals surface area contributed by atoms with Gasteiger partial charge in [0.15, 0.2) is 11.5 Å². The molecular weight excluding hydrogens is 393 g/mol. The van der Waals surface area contributed by atoms with Gasteiger partial charge in [-0.15, -0.1) is 10.2 Å². The van der Waals surface area contributed by atoms with Gasteiger partial charge in [0.2, 0.25) is 11.7 Å². The number of nitrogens with zero attached hydrogens (tertiary/aromatic N) is 4. The topological polar surface area (TPSA) is 91.2 Å². The number of rotatable bonds is 6. The van der Waals surface area contributed by atoms with Crippen LogP contribution in [0.15, 0.2) is 36.4 Å². The Labute approximate surface area is 165 Å². The van der Waals surface area contributed by atoms with Crippen molar-refractivity contribution in [2.24, 2.45) is 0 Å². The van der Waals surface area contributed by atoms with E-state index in [2.05, 4.69) is 20.7 Å². The van der Waals surface area contributed by atoms with E-state index < -0.39 is 0 Å². The average molecular weight is 408 g/mol. The van der Waals surface area contributed by atoms with Crippen molar-refractivity contribution in [2.45, 2.75) is 6.54 Å².